The standard InChI is InChI=1S/C9H14O/c1-2-5-9(10)8-6-3-4-7-8/h2,5,8H,3-4,6-7H2,1H3/b5-2-. The summed E-state index contributed by atoms with van der Waals surface area (Å²) in [7, 11) is 0. The number of rotatable bonds is 2. The smallest absolute Gasteiger partial charge is 0.158 e. The lowest BCUT2D eigenvalue weighted by atomic mass is 10.0. The summed E-state index contributed by atoms with van der Waals surface area (Å²) in [5.74, 6) is 0.691. The summed E-state index contributed by atoms with van der Waals surface area (Å²) in [5.41, 5.74) is 0. The van der Waals surface area contributed by atoms with E-state index in [-0.39, 0.29) is 0 Å². The molecule has 1 aliphatic carbocycles. The normalized spacial score (nSPS) is 20.5. The minimum atomic E-state index is 0.333. The minimum Gasteiger partial charge on any atom is -0.295 e. The molecule has 0 aliphatic heterocycles. The molecule has 0 aromatic rings. The maximum Gasteiger partial charge on any atom is 0.158 e. The Labute approximate surface area is 62.1 Å². The second kappa shape index (κ2) is 3.55. The van der Waals surface area contributed by atoms with E-state index in [1.807, 2.05) is 13.0 Å². The van der Waals surface area contributed by atoms with Crippen LogP contribution in [0.3, 0.4) is 0 Å². The number of allylic oxidation sites excluding steroid dienone is 2. The Bertz CT molecular complexity index is 141. The van der Waals surface area contributed by atoms with Crippen molar-refractivity contribution >= 4 is 5.78 Å². The van der Waals surface area contributed by atoms with Gasteiger partial charge in [-0.25, -0.2) is 0 Å². The van der Waals surface area contributed by atoms with Crippen molar-refractivity contribution in [3.05, 3.63) is 12.2 Å². The second-order valence-corrected chi connectivity index (χ2v) is 2.88. The first-order valence-electron chi connectivity index (χ1n) is 4.01. The van der Waals surface area contributed by atoms with Crippen LogP contribution in [0.1, 0.15) is 32.6 Å². The van der Waals surface area contributed by atoms with Crippen molar-refractivity contribution in [2.24, 2.45) is 5.92 Å². The Balaban J connectivity index is 2.40. The molecule has 1 heteroatoms. The van der Waals surface area contributed by atoms with Gasteiger partial charge in [0.15, 0.2) is 5.78 Å². The van der Waals surface area contributed by atoms with Crippen molar-refractivity contribution in [2.45, 2.75) is 32.6 Å². The molecule has 0 N–H and O–H groups in total. The van der Waals surface area contributed by atoms with Gasteiger partial charge in [0.2, 0.25) is 0 Å². The Morgan fingerprint density at radius 2 is 2.00 bits per heavy atom. The number of hydrogen-bond donors (Lipinski definition) is 0. The monoisotopic (exact) mass is 138 g/mol. The van der Waals surface area contributed by atoms with Crippen LogP contribution in [-0.4, -0.2) is 5.78 Å². The molecule has 1 rings (SSSR count). The van der Waals surface area contributed by atoms with Gasteiger partial charge in [0, 0.05) is 5.92 Å². The molecule has 56 valence electrons. The molecule has 0 amide bonds. The van der Waals surface area contributed by atoms with E-state index in [0.29, 0.717) is 11.7 Å². The zero-order valence-electron chi connectivity index (χ0n) is 6.47. The lowest BCUT2D eigenvalue weighted by Gasteiger charge is -2.00. The molecule has 0 atom stereocenters. The van der Waals surface area contributed by atoms with Crippen molar-refractivity contribution < 1.29 is 4.79 Å². The first kappa shape index (κ1) is 7.52. The lowest BCUT2D eigenvalue weighted by molar-refractivity contribution is -0.118. The van der Waals surface area contributed by atoms with E-state index in [0.717, 1.165) is 12.8 Å². The van der Waals surface area contributed by atoms with Gasteiger partial charge < -0.3 is 0 Å². The van der Waals surface area contributed by atoms with Gasteiger partial charge in [-0.05, 0) is 25.8 Å². The fraction of sp³-hybridized carbons (Fsp3) is 0.667. The molecule has 0 saturated heterocycles. The number of carbonyl (C=O) groups excluding carboxylic acids is 1. The number of carbonyl (C=O) groups is 1. The van der Waals surface area contributed by atoms with Gasteiger partial charge in [-0.1, -0.05) is 18.9 Å². The highest BCUT2D eigenvalue weighted by atomic mass is 16.1. The quantitative estimate of drug-likeness (QED) is 0.535. The van der Waals surface area contributed by atoms with Crippen LogP contribution in [0, 0.1) is 5.92 Å². The summed E-state index contributed by atoms with van der Waals surface area (Å²) in [6.45, 7) is 1.90. The minimum absolute atomic E-state index is 0.333. The van der Waals surface area contributed by atoms with Gasteiger partial charge in [-0.2, -0.15) is 0 Å². The third kappa shape index (κ3) is 1.69. The van der Waals surface area contributed by atoms with Gasteiger partial charge in [0.1, 0.15) is 0 Å². The molecule has 0 radical (unpaired) electrons. The molecule has 0 bridgehead atoms. The molecular weight excluding hydrogens is 124 g/mol. The third-order valence-corrected chi connectivity index (χ3v) is 2.09. The summed E-state index contributed by atoms with van der Waals surface area (Å²) >= 11 is 0. The van der Waals surface area contributed by atoms with E-state index in [4.69, 9.17) is 0 Å². The van der Waals surface area contributed by atoms with Crippen LogP contribution < -0.4 is 0 Å². The first-order valence-corrected chi connectivity index (χ1v) is 4.01. The van der Waals surface area contributed by atoms with Gasteiger partial charge in [-0.15, -0.1) is 0 Å². The SMILES string of the molecule is C/C=C\C(=O)C1CCCC1. The van der Waals surface area contributed by atoms with Gasteiger partial charge in [0.05, 0.1) is 0 Å². The van der Waals surface area contributed by atoms with E-state index in [2.05, 4.69) is 0 Å². The summed E-state index contributed by atoms with van der Waals surface area (Å²) in [5, 5.41) is 0. The van der Waals surface area contributed by atoms with Crippen molar-refractivity contribution in [2.75, 3.05) is 0 Å². The zero-order chi connectivity index (χ0) is 7.40. The Morgan fingerprint density at radius 1 is 1.40 bits per heavy atom. The van der Waals surface area contributed by atoms with Crippen LogP contribution in [0.15, 0.2) is 12.2 Å². The fourth-order valence-corrected chi connectivity index (χ4v) is 1.51. The van der Waals surface area contributed by atoms with Gasteiger partial charge >= 0.3 is 0 Å². The Hall–Kier alpha value is -0.590. The molecule has 1 saturated carbocycles. The van der Waals surface area contributed by atoms with Crippen LogP contribution in [0.2, 0.25) is 0 Å². The second-order valence-electron chi connectivity index (χ2n) is 2.88. The van der Waals surface area contributed by atoms with Crippen LogP contribution in [0.4, 0.5) is 0 Å². The summed E-state index contributed by atoms with van der Waals surface area (Å²) in [6, 6.07) is 0. The van der Waals surface area contributed by atoms with E-state index < -0.39 is 0 Å². The highest BCUT2D eigenvalue weighted by Gasteiger charge is 2.19. The van der Waals surface area contributed by atoms with E-state index in [9.17, 15) is 4.79 Å². The molecule has 1 aliphatic rings. The topological polar surface area (TPSA) is 17.1 Å². The summed E-state index contributed by atoms with van der Waals surface area (Å²) in [6.07, 6.45) is 8.25. The number of hydrogen-bond acceptors (Lipinski definition) is 1. The average Bonchev–Trinajstić information content (AvgIpc) is 2.38. The molecular formula is C9H14O. The van der Waals surface area contributed by atoms with Crippen LogP contribution in [-0.2, 0) is 4.79 Å². The van der Waals surface area contributed by atoms with E-state index in [1.165, 1.54) is 12.8 Å². The molecule has 10 heavy (non-hydrogen) atoms. The highest BCUT2D eigenvalue weighted by molar-refractivity contribution is 5.91. The molecule has 1 fully saturated rings. The molecule has 1 nitrogen and oxygen atoms in total. The molecule has 0 aromatic carbocycles. The van der Waals surface area contributed by atoms with E-state index >= 15 is 0 Å². The number of ketones is 1. The van der Waals surface area contributed by atoms with Crippen LogP contribution >= 0.6 is 0 Å². The van der Waals surface area contributed by atoms with Crippen LogP contribution in [0.5, 0.6) is 0 Å². The maximum atomic E-state index is 11.2. The molecule has 0 heterocycles. The third-order valence-electron chi connectivity index (χ3n) is 2.09. The zero-order valence-corrected chi connectivity index (χ0v) is 6.47. The van der Waals surface area contributed by atoms with Crippen molar-refractivity contribution in [1.82, 2.24) is 0 Å². The summed E-state index contributed by atoms with van der Waals surface area (Å²) < 4.78 is 0. The average molecular weight is 138 g/mol. The molecule has 0 spiro atoms. The fourth-order valence-electron chi connectivity index (χ4n) is 1.51. The summed E-state index contributed by atoms with van der Waals surface area (Å²) in [4.78, 5) is 11.2. The van der Waals surface area contributed by atoms with Gasteiger partial charge in [-0.3, -0.25) is 4.79 Å². The predicted molar refractivity (Wildman–Crippen MR) is 41.8 cm³/mol. The van der Waals surface area contributed by atoms with Crippen molar-refractivity contribution in [1.29, 1.82) is 0 Å². The predicted octanol–water partition coefficient (Wildman–Crippen LogP) is 2.32. The van der Waals surface area contributed by atoms with Crippen molar-refractivity contribution in [3.8, 4) is 0 Å². The highest BCUT2D eigenvalue weighted by Crippen LogP contribution is 2.25. The van der Waals surface area contributed by atoms with Gasteiger partial charge in [0.25, 0.3) is 0 Å². The largest absolute Gasteiger partial charge is 0.295 e. The Morgan fingerprint density at radius 3 is 2.50 bits per heavy atom. The first-order chi connectivity index (χ1) is 4.84. The molecule has 0 aromatic heterocycles. The van der Waals surface area contributed by atoms with Crippen LogP contribution in [0.25, 0.3) is 0 Å². The van der Waals surface area contributed by atoms with Crippen molar-refractivity contribution in [3.63, 3.8) is 0 Å². The lowest BCUT2D eigenvalue weighted by Crippen LogP contribution is -2.06. The van der Waals surface area contributed by atoms with E-state index in [1.54, 1.807) is 6.08 Å². The maximum absolute atomic E-state index is 11.2. The Kier molecular flexibility index (Phi) is 2.67. The molecule has 0 unspecified atom stereocenters.